The monoisotopic (exact) mass is 307 g/mol. The van der Waals surface area contributed by atoms with Crippen molar-refractivity contribution in [3.05, 3.63) is 29.8 Å². The van der Waals surface area contributed by atoms with E-state index in [4.69, 9.17) is 17.0 Å². The molecule has 1 atom stereocenters. The molecule has 2 rings (SSSR count). The highest BCUT2D eigenvalue weighted by atomic mass is 32.1. The molecule has 0 spiro atoms. The minimum atomic E-state index is 0.350. The molecule has 5 heteroatoms. The van der Waals surface area contributed by atoms with Gasteiger partial charge in [-0.25, -0.2) is 0 Å². The van der Waals surface area contributed by atoms with Crippen LogP contribution in [0.15, 0.2) is 24.3 Å². The lowest BCUT2D eigenvalue weighted by Crippen LogP contribution is -2.42. The lowest BCUT2D eigenvalue weighted by Gasteiger charge is -2.35. The van der Waals surface area contributed by atoms with Crippen molar-refractivity contribution in [2.75, 3.05) is 33.8 Å². The first-order valence-electron chi connectivity index (χ1n) is 7.58. The second kappa shape index (κ2) is 8.20. The van der Waals surface area contributed by atoms with Crippen LogP contribution in [0.5, 0.6) is 5.75 Å². The van der Waals surface area contributed by atoms with Gasteiger partial charge in [0.05, 0.1) is 13.2 Å². The van der Waals surface area contributed by atoms with Gasteiger partial charge in [-0.15, -0.1) is 0 Å². The van der Waals surface area contributed by atoms with Crippen molar-refractivity contribution >= 4 is 17.3 Å². The Kier molecular flexibility index (Phi) is 6.26. The summed E-state index contributed by atoms with van der Waals surface area (Å²) in [4.78, 5) is 2.55. The Bertz CT molecular complexity index is 443. The largest absolute Gasteiger partial charge is 0.497 e. The third kappa shape index (κ3) is 4.58. The van der Waals surface area contributed by atoms with Gasteiger partial charge in [-0.2, -0.15) is 0 Å². The number of likely N-dealkylation sites (tertiary alicyclic amines) is 1. The van der Waals surface area contributed by atoms with Crippen LogP contribution in [0, 0.1) is 0 Å². The van der Waals surface area contributed by atoms with Gasteiger partial charge in [-0.3, -0.25) is 4.90 Å². The molecule has 1 heterocycles. The van der Waals surface area contributed by atoms with Crippen LogP contribution in [-0.4, -0.2) is 43.8 Å². The molecule has 116 valence electrons. The third-order valence-corrected chi connectivity index (χ3v) is 4.36. The SMILES string of the molecule is CNC(=S)NCC(c1ccc(OC)cc1)N1CCCCC1. The van der Waals surface area contributed by atoms with E-state index in [0.717, 1.165) is 25.4 Å². The topological polar surface area (TPSA) is 36.5 Å². The highest BCUT2D eigenvalue weighted by Crippen LogP contribution is 2.25. The number of nitrogens with zero attached hydrogens (tertiary/aromatic N) is 1. The van der Waals surface area contributed by atoms with Crippen molar-refractivity contribution in [2.45, 2.75) is 25.3 Å². The molecular formula is C16H25N3OS. The first kappa shape index (κ1) is 16.0. The first-order valence-corrected chi connectivity index (χ1v) is 7.99. The van der Waals surface area contributed by atoms with E-state index in [0.29, 0.717) is 11.2 Å². The van der Waals surface area contributed by atoms with Crippen molar-refractivity contribution in [2.24, 2.45) is 0 Å². The van der Waals surface area contributed by atoms with Crippen molar-refractivity contribution < 1.29 is 4.74 Å². The van der Waals surface area contributed by atoms with Crippen molar-refractivity contribution in [1.29, 1.82) is 0 Å². The van der Waals surface area contributed by atoms with E-state index < -0.39 is 0 Å². The molecule has 0 saturated carbocycles. The summed E-state index contributed by atoms with van der Waals surface area (Å²) in [5.74, 6) is 0.898. The first-order chi connectivity index (χ1) is 10.2. The summed E-state index contributed by atoms with van der Waals surface area (Å²) in [6, 6.07) is 8.72. The van der Waals surface area contributed by atoms with E-state index in [2.05, 4.69) is 27.7 Å². The van der Waals surface area contributed by atoms with Gasteiger partial charge < -0.3 is 15.4 Å². The number of rotatable bonds is 5. The van der Waals surface area contributed by atoms with Gasteiger partial charge >= 0.3 is 0 Å². The summed E-state index contributed by atoms with van der Waals surface area (Å²) in [5.41, 5.74) is 1.31. The maximum Gasteiger partial charge on any atom is 0.166 e. The second-order valence-corrected chi connectivity index (χ2v) is 5.75. The highest BCUT2D eigenvalue weighted by Gasteiger charge is 2.22. The Morgan fingerprint density at radius 2 is 1.90 bits per heavy atom. The fourth-order valence-corrected chi connectivity index (χ4v) is 2.87. The standard InChI is InChI=1S/C16H25N3OS/c1-17-16(21)18-12-15(19-10-4-3-5-11-19)13-6-8-14(20-2)9-7-13/h6-9,15H,3-5,10-12H2,1-2H3,(H2,17,18,21). The quantitative estimate of drug-likeness (QED) is 0.817. The van der Waals surface area contributed by atoms with Crippen molar-refractivity contribution in [3.8, 4) is 5.75 Å². The molecule has 1 aliphatic rings. The van der Waals surface area contributed by atoms with Gasteiger partial charge in [0.1, 0.15) is 5.75 Å². The van der Waals surface area contributed by atoms with Crippen molar-refractivity contribution in [3.63, 3.8) is 0 Å². The zero-order valence-electron chi connectivity index (χ0n) is 12.9. The number of methoxy groups -OCH3 is 1. The minimum absolute atomic E-state index is 0.350. The summed E-state index contributed by atoms with van der Waals surface area (Å²) < 4.78 is 5.25. The van der Waals surface area contributed by atoms with Crippen LogP contribution in [0.3, 0.4) is 0 Å². The van der Waals surface area contributed by atoms with Crippen molar-refractivity contribution in [1.82, 2.24) is 15.5 Å². The van der Waals surface area contributed by atoms with E-state index >= 15 is 0 Å². The van der Waals surface area contributed by atoms with Crippen LogP contribution in [-0.2, 0) is 0 Å². The molecule has 0 amide bonds. The Morgan fingerprint density at radius 3 is 2.48 bits per heavy atom. The predicted molar refractivity (Wildman–Crippen MR) is 90.8 cm³/mol. The fraction of sp³-hybridized carbons (Fsp3) is 0.562. The van der Waals surface area contributed by atoms with E-state index in [1.807, 2.05) is 19.2 Å². The normalized spacial score (nSPS) is 17.0. The van der Waals surface area contributed by atoms with Crippen LogP contribution in [0.4, 0.5) is 0 Å². The van der Waals surface area contributed by atoms with Crippen LogP contribution >= 0.6 is 12.2 Å². The van der Waals surface area contributed by atoms with E-state index in [9.17, 15) is 0 Å². The average Bonchev–Trinajstić information content (AvgIpc) is 2.56. The molecule has 0 aliphatic carbocycles. The van der Waals surface area contributed by atoms with E-state index in [1.165, 1.54) is 24.8 Å². The number of hydrogen-bond donors (Lipinski definition) is 2. The van der Waals surface area contributed by atoms with Gasteiger partial charge in [0.2, 0.25) is 0 Å². The molecule has 21 heavy (non-hydrogen) atoms. The molecule has 4 nitrogen and oxygen atoms in total. The van der Waals surface area contributed by atoms with Crippen LogP contribution in [0.1, 0.15) is 30.9 Å². The summed E-state index contributed by atoms with van der Waals surface area (Å²) >= 11 is 5.20. The van der Waals surface area contributed by atoms with Gasteiger partial charge in [-0.05, 0) is 55.8 Å². The van der Waals surface area contributed by atoms with Gasteiger partial charge in [0.15, 0.2) is 5.11 Å². The molecule has 1 unspecified atom stereocenters. The van der Waals surface area contributed by atoms with Crippen LogP contribution < -0.4 is 15.4 Å². The molecule has 1 saturated heterocycles. The lowest BCUT2D eigenvalue weighted by atomic mass is 10.0. The molecule has 1 aromatic carbocycles. The molecule has 1 fully saturated rings. The van der Waals surface area contributed by atoms with Crippen LogP contribution in [0.25, 0.3) is 0 Å². The summed E-state index contributed by atoms with van der Waals surface area (Å²) in [6.45, 7) is 3.14. The number of ether oxygens (including phenoxy) is 1. The number of benzene rings is 1. The number of piperidine rings is 1. The van der Waals surface area contributed by atoms with E-state index in [-0.39, 0.29) is 0 Å². The lowest BCUT2D eigenvalue weighted by molar-refractivity contribution is 0.164. The Hall–Kier alpha value is -1.33. The van der Waals surface area contributed by atoms with Crippen LogP contribution in [0.2, 0.25) is 0 Å². The Labute approximate surface area is 132 Å². The zero-order chi connectivity index (χ0) is 15.1. The smallest absolute Gasteiger partial charge is 0.166 e. The summed E-state index contributed by atoms with van der Waals surface area (Å²) in [5, 5.41) is 6.98. The maximum atomic E-state index is 5.25. The Balaban J connectivity index is 2.10. The molecule has 0 aromatic heterocycles. The molecule has 1 aromatic rings. The van der Waals surface area contributed by atoms with Gasteiger partial charge in [0, 0.05) is 13.6 Å². The van der Waals surface area contributed by atoms with Gasteiger partial charge in [0.25, 0.3) is 0 Å². The fourth-order valence-electron chi connectivity index (χ4n) is 2.79. The number of nitrogens with one attached hydrogen (secondary N) is 2. The average molecular weight is 307 g/mol. The van der Waals surface area contributed by atoms with E-state index in [1.54, 1.807) is 7.11 Å². The number of hydrogen-bond acceptors (Lipinski definition) is 3. The highest BCUT2D eigenvalue weighted by molar-refractivity contribution is 7.80. The molecule has 0 radical (unpaired) electrons. The summed E-state index contributed by atoms with van der Waals surface area (Å²) in [7, 11) is 3.54. The maximum absolute atomic E-state index is 5.25. The number of thiocarbonyl (C=S) groups is 1. The Morgan fingerprint density at radius 1 is 1.24 bits per heavy atom. The zero-order valence-corrected chi connectivity index (χ0v) is 13.7. The molecule has 2 N–H and O–H groups in total. The molecule has 0 bridgehead atoms. The third-order valence-electron chi connectivity index (χ3n) is 4.02. The van der Waals surface area contributed by atoms with Gasteiger partial charge in [-0.1, -0.05) is 18.6 Å². The minimum Gasteiger partial charge on any atom is -0.497 e. The predicted octanol–water partition coefficient (Wildman–Crippen LogP) is 2.32. The summed E-state index contributed by atoms with van der Waals surface area (Å²) in [6.07, 6.45) is 3.90. The second-order valence-electron chi connectivity index (χ2n) is 5.35. The molecule has 1 aliphatic heterocycles. The molecular weight excluding hydrogens is 282 g/mol.